The monoisotopic (exact) mass is 512 g/mol. The number of para-hydroxylation sites is 2. The highest BCUT2D eigenvalue weighted by atomic mass is 16.5. The maximum atomic E-state index is 12.3. The molecule has 0 atom stereocenters. The Labute approximate surface area is 220 Å². The Morgan fingerprint density at radius 2 is 1.42 bits per heavy atom. The molecule has 0 aliphatic carbocycles. The number of benzene rings is 4. The first-order chi connectivity index (χ1) is 18.5. The summed E-state index contributed by atoms with van der Waals surface area (Å²) in [6.45, 7) is -0.420. The highest BCUT2D eigenvalue weighted by Gasteiger charge is 2.11. The number of esters is 1. The van der Waals surface area contributed by atoms with Crippen molar-refractivity contribution in [2.75, 3.05) is 24.4 Å². The largest absolute Gasteiger partial charge is 0.495 e. The minimum atomic E-state index is -0.553. The molecule has 4 aromatic rings. The molecule has 0 heterocycles. The molecule has 8 nitrogen and oxygen atoms in total. The minimum Gasteiger partial charge on any atom is -0.495 e. The van der Waals surface area contributed by atoms with Crippen molar-refractivity contribution in [2.24, 2.45) is 0 Å². The second-order valence-corrected chi connectivity index (χ2v) is 8.45. The van der Waals surface area contributed by atoms with Crippen molar-refractivity contribution in [3.8, 4) is 17.2 Å². The number of carbonyl (C=O) groups is 3. The SMILES string of the molecule is COc1ccccc1NC(=O)COC(=O)CCCC(=O)Nc1ccc(Oc2ccc3ccccc3c2)cc1. The van der Waals surface area contributed by atoms with E-state index in [2.05, 4.69) is 10.6 Å². The van der Waals surface area contributed by atoms with Gasteiger partial charge in [0.15, 0.2) is 6.61 Å². The van der Waals surface area contributed by atoms with Gasteiger partial charge in [0, 0.05) is 18.5 Å². The lowest BCUT2D eigenvalue weighted by molar-refractivity contribution is -0.147. The maximum Gasteiger partial charge on any atom is 0.306 e. The van der Waals surface area contributed by atoms with Gasteiger partial charge in [-0.05, 0) is 65.7 Å². The van der Waals surface area contributed by atoms with Crippen LogP contribution in [-0.2, 0) is 19.1 Å². The molecule has 0 aromatic heterocycles. The van der Waals surface area contributed by atoms with Crippen LogP contribution in [0, 0.1) is 0 Å². The Balaban J connectivity index is 1.15. The van der Waals surface area contributed by atoms with Gasteiger partial charge in [-0.1, -0.05) is 42.5 Å². The molecule has 2 amide bonds. The number of amides is 2. The lowest BCUT2D eigenvalue weighted by Crippen LogP contribution is -2.21. The van der Waals surface area contributed by atoms with E-state index in [9.17, 15) is 14.4 Å². The summed E-state index contributed by atoms with van der Waals surface area (Å²) in [5.74, 6) is 0.623. The van der Waals surface area contributed by atoms with Crippen molar-refractivity contribution in [3.05, 3.63) is 91.0 Å². The van der Waals surface area contributed by atoms with Crippen molar-refractivity contribution in [1.82, 2.24) is 0 Å². The zero-order chi connectivity index (χ0) is 26.7. The fourth-order valence-corrected chi connectivity index (χ4v) is 3.74. The molecule has 38 heavy (non-hydrogen) atoms. The Kier molecular flexibility index (Phi) is 8.91. The van der Waals surface area contributed by atoms with Gasteiger partial charge < -0.3 is 24.8 Å². The number of carbonyl (C=O) groups excluding carboxylic acids is 3. The number of fused-ring (bicyclic) bond motifs is 1. The predicted molar refractivity (Wildman–Crippen MR) is 146 cm³/mol. The standard InChI is InChI=1S/C30H28N2O6/c1-36-27-10-5-4-9-26(27)32-29(34)20-37-30(35)12-6-11-28(33)31-23-14-17-24(18-15-23)38-25-16-13-21-7-2-3-8-22(21)19-25/h2-5,7-10,13-19H,6,11-12,20H2,1H3,(H,31,33)(H,32,34). The molecule has 2 N–H and O–H groups in total. The highest BCUT2D eigenvalue weighted by Crippen LogP contribution is 2.27. The average Bonchev–Trinajstić information content (AvgIpc) is 2.93. The van der Waals surface area contributed by atoms with Crippen molar-refractivity contribution < 1.29 is 28.6 Å². The van der Waals surface area contributed by atoms with Crippen LogP contribution in [0.25, 0.3) is 10.8 Å². The fourth-order valence-electron chi connectivity index (χ4n) is 3.74. The number of hydrogen-bond donors (Lipinski definition) is 2. The first-order valence-corrected chi connectivity index (χ1v) is 12.2. The predicted octanol–water partition coefficient (Wildman–Crippen LogP) is 5.93. The van der Waals surface area contributed by atoms with E-state index in [1.165, 1.54) is 7.11 Å². The highest BCUT2D eigenvalue weighted by molar-refractivity contribution is 5.94. The zero-order valence-corrected chi connectivity index (χ0v) is 20.9. The molecular formula is C30H28N2O6. The van der Waals surface area contributed by atoms with Gasteiger partial charge in [-0.3, -0.25) is 14.4 Å². The number of rotatable bonds is 11. The maximum absolute atomic E-state index is 12.3. The van der Waals surface area contributed by atoms with E-state index in [0.717, 1.165) is 16.5 Å². The topological polar surface area (TPSA) is 103 Å². The Hall–Kier alpha value is -4.85. The molecule has 0 bridgehead atoms. The molecule has 0 radical (unpaired) electrons. The zero-order valence-electron chi connectivity index (χ0n) is 20.9. The molecule has 194 valence electrons. The molecular weight excluding hydrogens is 484 g/mol. The van der Waals surface area contributed by atoms with E-state index < -0.39 is 18.5 Å². The van der Waals surface area contributed by atoms with Crippen LogP contribution >= 0.6 is 0 Å². The van der Waals surface area contributed by atoms with Crippen LogP contribution in [0.1, 0.15) is 19.3 Å². The van der Waals surface area contributed by atoms with Crippen LogP contribution in [0.5, 0.6) is 17.2 Å². The summed E-state index contributed by atoms with van der Waals surface area (Å²) in [5.41, 5.74) is 1.11. The van der Waals surface area contributed by atoms with Crippen molar-refractivity contribution in [1.29, 1.82) is 0 Å². The van der Waals surface area contributed by atoms with Crippen molar-refractivity contribution in [2.45, 2.75) is 19.3 Å². The third kappa shape index (κ3) is 7.57. The molecule has 0 aliphatic heterocycles. The van der Waals surface area contributed by atoms with Crippen LogP contribution in [0.4, 0.5) is 11.4 Å². The van der Waals surface area contributed by atoms with Crippen molar-refractivity contribution in [3.63, 3.8) is 0 Å². The number of hydrogen-bond acceptors (Lipinski definition) is 6. The lowest BCUT2D eigenvalue weighted by atomic mass is 10.1. The molecule has 0 saturated heterocycles. The van der Waals surface area contributed by atoms with Gasteiger partial charge in [-0.15, -0.1) is 0 Å². The molecule has 4 aromatic carbocycles. The van der Waals surface area contributed by atoms with Gasteiger partial charge in [0.1, 0.15) is 17.2 Å². The fraction of sp³-hybridized carbons (Fsp3) is 0.167. The average molecular weight is 513 g/mol. The molecule has 0 unspecified atom stereocenters. The Bertz CT molecular complexity index is 1420. The first-order valence-electron chi connectivity index (χ1n) is 12.2. The third-order valence-corrected chi connectivity index (χ3v) is 5.62. The van der Waals surface area contributed by atoms with E-state index >= 15 is 0 Å². The minimum absolute atomic E-state index is 0.0217. The van der Waals surface area contributed by atoms with Gasteiger partial charge in [-0.2, -0.15) is 0 Å². The molecule has 0 saturated carbocycles. The molecule has 4 rings (SSSR count). The number of anilines is 2. The Morgan fingerprint density at radius 3 is 2.21 bits per heavy atom. The smallest absolute Gasteiger partial charge is 0.306 e. The summed E-state index contributed by atoms with van der Waals surface area (Å²) in [5, 5.41) is 7.66. The summed E-state index contributed by atoms with van der Waals surface area (Å²) in [6.07, 6.45) is 0.452. The molecule has 0 aliphatic rings. The second kappa shape index (κ2) is 12.9. The van der Waals surface area contributed by atoms with Crippen LogP contribution < -0.4 is 20.1 Å². The second-order valence-electron chi connectivity index (χ2n) is 8.45. The van der Waals surface area contributed by atoms with Gasteiger partial charge in [-0.25, -0.2) is 0 Å². The van der Waals surface area contributed by atoms with E-state index in [-0.39, 0.29) is 18.7 Å². The molecule has 0 fully saturated rings. The molecule has 0 spiro atoms. The van der Waals surface area contributed by atoms with Crippen LogP contribution in [0.15, 0.2) is 91.0 Å². The molecule has 8 heteroatoms. The van der Waals surface area contributed by atoms with E-state index in [4.69, 9.17) is 14.2 Å². The van der Waals surface area contributed by atoms with Gasteiger partial charge >= 0.3 is 5.97 Å². The third-order valence-electron chi connectivity index (χ3n) is 5.62. The van der Waals surface area contributed by atoms with Crippen molar-refractivity contribution >= 4 is 39.9 Å². The number of ether oxygens (including phenoxy) is 3. The quantitative estimate of drug-likeness (QED) is 0.242. The van der Waals surface area contributed by atoms with Crippen LogP contribution in [-0.4, -0.2) is 31.5 Å². The first kappa shape index (κ1) is 26.2. The van der Waals surface area contributed by atoms with Crippen LogP contribution in [0.2, 0.25) is 0 Å². The summed E-state index contributed by atoms with van der Waals surface area (Å²) in [7, 11) is 1.50. The summed E-state index contributed by atoms with van der Waals surface area (Å²) in [4.78, 5) is 36.2. The summed E-state index contributed by atoms with van der Waals surface area (Å²) >= 11 is 0. The summed E-state index contributed by atoms with van der Waals surface area (Å²) in [6, 6.07) is 27.9. The van der Waals surface area contributed by atoms with Gasteiger partial charge in [0.05, 0.1) is 12.8 Å². The van der Waals surface area contributed by atoms with E-state index in [0.29, 0.717) is 29.3 Å². The van der Waals surface area contributed by atoms with E-state index in [1.54, 1.807) is 48.5 Å². The van der Waals surface area contributed by atoms with Gasteiger partial charge in [0.25, 0.3) is 5.91 Å². The normalized spacial score (nSPS) is 10.4. The van der Waals surface area contributed by atoms with E-state index in [1.807, 2.05) is 42.5 Å². The number of methoxy groups -OCH3 is 1. The lowest BCUT2D eigenvalue weighted by Gasteiger charge is -2.10. The van der Waals surface area contributed by atoms with Crippen LogP contribution in [0.3, 0.4) is 0 Å². The Morgan fingerprint density at radius 1 is 0.711 bits per heavy atom. The number of nitrogens with one attached hydrogen (secondary N) is 2. The van der Waals surface area contributed by atoms with Gasteiger partial charge in [0.2, 0.25) is 5.91 Å². The summed E-state index contributed by atoms with van der Waals surface area (Å²) < 4.78 is 16.1.